The normalized spacial score (nSPS) is 20.8. The number of ether oxygens (including phenoxy) is 5. The quantitative estimate of drug-likeness (QED) is 0.135. The second-order valence-electron chi connectivity index (χ2n) is 14.3. The van der Waals surface area contributed by atoms with Crippen LogP contribution in [0.2, 0.25) is 0 Å². The molecule has 0 aromatic heterocycles. The van der Waals surface area contributed by atoms with Gasteiger partial charge in [0.1, 0.15) is 29.6 Å². The Morgan fingerprint density at radius 3 is 2.27 bits per heavy atom. The molecule has 1 saturated heterocycles. The van der Waals surface area contributed by atoms with Crippen LogP contribution in [-0.2, 0) is 34.1 Å². The van der Waals surface area contributed by atoms with Crippen molar-refractivity contribution < 1.29 is 48.3 Å². The smallest absolute Gasteiger partial charge is 0.340 e. The molecular weight excluding hydrogens is 741 g/mol. The summed E-state index contributed by atoms with van der Waals surface area (Å²) in [6.07, 6.45) is 2.65. The lowest BCUT2D eigenvalue weighted by molar-refractivity contribution is -0.140. The van der Waals surface area contributed by atoms with Crippen LogP contribution in [0.5, 0.6) is 23.0 Å². The van der Waals surface area contributed by atoms with E-state index in [-0.39, 0.29) is 58.7 Å². The minimum absolute atomic E-state index is 0.0389. The summed E-state index contributed by atoms with van der Waals surface area (Å²) in [5, 5.41) is 30.1. The van der Waals surface area contributed by atoms with Gasteiger partial charge in [0.05, 0.1) is 43.1 Å². The van der Waals surface area contributed by atoms with Crippen molar-refractivity contribution in [2.24, 2.45) is 0 Å². The summed E-state index contributed by atoms with van der Waals surface area (Å²) in [4.78, 5) is 41.9. The Kier molecular flexibility index (Phi) is 11.5. The van der Waals surface area contributed by atoms with E-state index in [9.17, 15) is 24.6 Å². The Hall–Kier alpha value is -5.22. The topological polar surface area (TPSA) is 177 Å². The number of anilines is 1. The van der Waals surface area contributed by atoms with E-state index in [1.807, 2.05) is 13.8 Å². The number of hydrogen-bond donors (Lipinski definition) is 5. The first-order valence-corrected chi connectivity index (χ1v) is 19.3. The van der Waals surface area contributed by atoms with Crippen molar-refractivity contribution in [1.29, 1.82) is 0 Å². The van der Waals surface area contributed by atoms with Crippen molar-refractivity contribution in [1.82, 2.24) is 15.5 Å². The molecule has 56 heavy (non-hydrogen) atoms. The van der Waals surface area contributed by atoms with Crippen LogP contribution >= 0.6 is 12.2 Å². The van der Waals surface area contributed by atoms with Gasteiger partial charge >= 0.3 is 11.9 Å². The first kappa shape index (κ1) is 39.0. The third-order valence-corrected chi connectivity index (χ3v) is 10.8. The number of benzene rings is 3. The Labute approximate surface area is 330 Å². The number of amides is 1. The first-order valence-electron chi connectivity index (χ1n) is 18.9. The van der Waals surface area contributed by atoms with Crippen molar-refractivity contribution in [2.45, 2.75) is 69.9 Å². The average molecular weight is 787 g/mol. The molecule has 7 rings (SSSR count). The Morgan fingerprint density at radius 1 is 0.964 bits per heavy atom. The van der Waals surface area contributed by atoms with Gasteiger partial charge in [-0.2, -0.15) is 0 Å². The highest BCUT2D eigenvalue weighted by Crippen LogP contribution is 2.57. The van der Waals surface area contributed by atoms with Crippen molar-refractivity contribution in [3.05, 3.63) is 88.5 Å². The fraction of sp³-hybridized carbons (Fsp3) is 0.415. The van der Waals surface area contributed by atoms with E-state index in [0.717, 1.165) is 25.9 Å². The molecule has 0 saturated carbocycles. The monoisotopic (exact) mass is 786 g/mol. The van der Waals surface area contributed by atoms with Crippen LogP contribution in [0, 0.1) is 0 Å². The van der Waals surface area contributed by atoms with Crippen LogP contribution in [0.1, 0.15) is 67.1 Å². The van der Waals surface area contributed by atoms with E-state index in [4.69, 9.17) is 35.9 Å². The molecule has 1 aliphatic carbocycles. The highest BCUT2D eigenvalue weighted by Gasteiger charge is 2.53. The van der Waals surface area contributed by atoms with Gasteiger partial charge in [0.25, 0.3) is 0 Å². The van der Waals surface area contributed by atoms with E-state index >= 15 is 0 Å². The molecule has 3 aromatic carbocycles. The molecule has 296 valence electrons. The Morgan fingerprint density at radius 2 is 1.62 bits per heavy atom. The van der Waals surface area contributed by atoms with E-state index in [2.05, 4.69) is 20.9 Å². The lowest BCUT2D eigenvalue weighted by atomic mass is 9.77. The van der Waals surface area contributed by atoms with Crippen LogP contribution < -0.4 is 20.7 Å². The van der Waals surface area contributed by atoms with Gasteiger partial charge in [0, 0.05) is 73.1 Å². The summed E-state index contributed by atoms with van der Waals surface area (Å²) in [5.41, 5.74) is 1.31. The minimum Gasteiger partial charge on any atom is -0.508 e. The van der Waals surface area contributed by atoms with Crippen molar-refractivity contribution in [3.8, 4) is 23.0 Å². The number of fused-ring (bicyclic) bond motifs is 6. The summed E-state index contributed by atoms with van der Waals surface area (Å²) in [6.45, 7) is 9.13. The number of rotatable bonds is 11. The SMILES string of the molecule is CCC(CC)O[C@@H]1C=C(C(=O)OCCN2CCOCC2)C[C@H](NC(=S)Nc2ccc3c(c2)C(=O)OC32c3ccc(O)cc3Oc3cc(O)ccc32)[C@H]1NC(C)=O. The number of nitrogens with zero attached hydrogens (tertiary/aromatic N) is 1. The zero-order valence-electron chi connectivity index (χ0n) is 31.5. The van der Waals surface area contributed by atoms with Gasteiger partial charge in [-0.15, -0.1) is 0 Å². The number of phenolic OH excluding ortho intramolecular Hbond substituents is 2. The molecule has 3 atom stereocenters. The van der Waals surface area contributed by atoms with Gasteiger partial charge in [0.2, 0.25) is 5.91 Å². The largest absolute Gasteiger partial charge is 0.508 e. The number of morpholine rings is 1. The van der Waals surface area contributed by atoms with Crippen molar-refractivity contribution in [3.63, 3.8) is 0 Å². The standard InChI is InChI=1S/C41H46N4O10S/c1-4-28(5-2)53-36-19-24(38(49)52-17-14-45-12-15-51-16-13-45)18-33(37(36)42-23(3)46)44-40(56)43-25-6-9-30-29(20-25)39(50)55-41(30)31-10-7-26(47)21-34(31)54-35-22-27(48)8-11-32(35)41/h6-11,19-22,28,33,36-37,47-48H,4-5,12-18H2,1-3H3,(H,42,46)(H2,43,44,56)/t33-,36+,37+/m0/s1. The number of thiocarbonyl (C=S) groups is 1. The Balaban J connectivity index is 1.13. The molecule has 3 aromatic rings. The molecule has 3 heterocycles. The Bertz CT molecular complexity index is 1990. The molecule has 1 amide bonds. The zero-order valence-corrected chi connectivity index (χ0v) is 32.3. The first-order chi connectivity index (χ1) is 27.0. The summed E-state index contributed by atoms with van der Waals surface area (Å²) >= 11 is 5.80. The number of phenols is 2. The molecule has 1 spiro atoms. The highest BCUT2D eigenvalue weighted by molar-refractivity contribution is 7.80. The van der Waals surface area contributed by atoms with E-state index in [1.165, 1.54) is 31.2 Å². The number of nitrogens with one attached hydrogen (secondary N) is 3. The number of aromatic hydroxyl groups is 2. The summed E-state index contributed by atoms with van der Waals surface area (Å²) < 4.78 is 29.9. The lowest BCUT2D eigenvalue weighted by Gasteiger charge is -2.39. The highest BCUT2D eigenvalue weighted by atomic mass is 32.1. The predicted octanol–water partition coefficient (Wildman–Crippen LogP) is 4.60. The molecule has 0 radical (unpaired) electrons. The molecule has 4 aliphatic rings. The molecule has 14 nitrogen and oxygen atoms in total. The van der Waals surface area contributed by atoms with Crippen LogP contribution in [0.4, 0.5) is 5.69 Å². The third kappa shape index (κ3) is 7.89. The second-order valence-corrected chi connectivity index (χ2v) is 14.7. The number of carbonyl (C=O) groups is 3. The van der Waals surface area contributed by atoms with Crippen molar-refractivity contribution in [2.75, 3.05) is 44.8 Å². The van der Waals surface area contributed by atoms with Gasteiger partial charge < -0.3 is 49.8 Å². The zero-order chi connectivity index (χ0) is 39.6. The van der Waals surface area contributed by atoms with Crippen LogP contribution in [0.3, 0.4) is 0 Å². The van der Waals surface area contributed by atoms with Gasteiger partial charge in [-0.05, 0) is 67.5 Å². The van der Waals surface area contributed by atoms with Crippen LogP contribution in [0.25, 0.3) is 0 Å². The van der Waals surface area contributed by atoms with Crippen LogP contribution in [-0.4, -0.2) is 102 Å². The second kappa shape index (κ2) is 16.5. The third-order valence-electron chi connectivity index (χ3n) is 10.6. The van der Waals surface area contributed by atoms with E-state index in [0.29, 0.717) is 47.7 Å². The molecule has 0 bridgehead atoms. The predicted molar refractivity (Wildman–Crippen MR) is 209 cm³/mol. The minimum atomic E-state index is -1.41. The van der Waals surface area contributed by atoms with Gasteiger partial charge in [-0.25, -0.2) is 9.59 Å². The molecule has 1 fully saturated rings. The summed E-state index contributed by atoms with van der Waals surface area (Å²) in [7, 11) is 0. The maximum atomic E-state index is 13.7. The van der Waals surface area contributed by atoms with Crippen LogP contribution in [0.15, 0.2) is 66.2 Å². The fourth-order valence-electron chi connectivity index (χ4n) is 7.80. The fourth-order valence-corrected chi connectivity index (χ4v) is 8.07. The van der Waals surface area contributed by atoms with Crippen molar-refractivity contribution >= 4 is 40.9 Å². The maximum absolute atomic E-state index is 13.7. The van der Waals surface area contributed by atoms with Gasteiger partial charge in [-0.1, -0.05) is 19.9 Å². The van der Waals surface area contributed by atoms with Gasteiger partial charge in [-0.3, -0.25) is 9.69 Å². The molecule has 0 unspecified atom stereocenters. The lowest BCUT2D eigenvalue weighted by Crippen LogP contribution is -2.60. The molecule has 15 heteroatoms. The number of carbonyl (C=O) groups excluding carboxylic acids is 3. The van der Waals surface area contributed by atoms with E-state index < -0.39 is 35.7 Å². The summed E-state index contributed by atoms with van der Waals surface area (Å²) in [6, 6.07) is 13.1. The maximum Gasteiger partial charge on any atom is 0.340 e. The number of esters is 2. The molecular formula is C41H46N4O10S. The van der Waals surface area contributed by atoms with E-state index in [1.54, 1.807) is 36.4 Å². The molecule has 5 N–H and O–H groups in total. The average Bonchev–Trinajstić information content (AvgIpc) is 3.45. The number of hydrogen-bond acceptors (Lipinski definition) is 12. The van der Waals surface area contributed by atoms with Gasteiger partial charge in [0.15, 0.2) is 10.7 Å². The summed E-state index contributed by atoms with van der Waals surface area (Å²) in [5.74, 6) is -0.848. The molecule has 3 aliphatic heterocycles.